The number of nitrogens with zero attached hydrogens (tertiary/aromatic N) is 1. The minimum absolute atomic E-state index is 0.112. The standard InChI is InChI=1S/C16H22N2O4/c1-11-3-6-13(7-4-11)17-16(19)10-22-15-8-5-12(2)9-14(15)18(20)21/h5,8-9,11,13H,3-4,6-7,10H2,1-2H3,(H,17,19). The number of aryl methyl sites for hydroxylation is 1. The summed E-state index contributed by atoms with van der Waals surface area (Å²) in [4.78, 5) is 22.4. The molecule has 1 aliphatic rings. The maximum absolute atomic E-state index is 11.9. The smallest absolute Gasteiger partial charge is 0.311 e. The highest BCUT2D eigenvalue weighted by atomic mass is 16.6. The highest BCUT2D eigenvalue weighted by molar-refractivity contribution is 5.78. The van der Waals surface area contributed by atoms with E-state index in [0.717, 1.165) is 37.2 Å². The normalized spacial score (nSPS) is 21.2. The van der Waals surface area contributed by atoms with Crippen molar-refractivity contribution in [3.63, 3.8) is 0 Å². The molecule has 0 spiro atoms. The molecule has 1 aliphatic carbocycles. The molecule has 1 amide bonds. The van der Waals surface area contributed by atoms with Gasteiger partial charge < -0.3 is 10.1 Å². The Morgan fingerprint density at radius 1 is 1.36 bits per heavy atom. The molecule has 0 radical (unpaired) electrons. The summed E-state index contributed by atoms with van der Waals surface area (Å²) in [5.74, 6) is 0.622. The van der Waals surface area contributed by atoms with Gasteiger partial charge in [-0.05, 0) is 50.2 Å². The van der Waals surface area contributed by atoms with Gasteiger partial charge in [-0.15, -0.1) is 0 Å². The van der Waals surface area contributed by atoms with Gasteiger partial charge in [0.15, 0.2) is 12.4 Å². The second-order valence-electron chi connectivity index (χ2n) is 6.04. The first-order valence-corrected chi connectivity index (χ1v) is 7.63. The van der Waals surface area contributed by atoms with Crippen molar-refractivity contribution in [1.29, 1.82) is 0 Å². The van der Waals surface area contributed by atoms with Crippen LogP contribution in [0, 0.1) is 23.0 Å². The predicted octanol–water partition coefficient (Wildman–Crippen LogP) is 2.98. The fourth-order valence-electron chi connectivity index (χ4n) is 2.71. The molecule has 0 aromatic heterocycles. The van der Waals surface area contributed by atoms with Gasteiger partial charge in [-0.1, -0.05) is 13.0 Å². The van der Waals surface area contributed by atoms with E-state index in [0.29, 0.717) is 0 Å². The lowest BCUT2D eigenvalue weighted by Crippen LogP contribution is -2.39. The second-order valence-corrected chi connectivity index (χ2v) is 6.04. The Balaban J connectivity index is 1.87. The van der Waals surface area contributed by atoms with E-state index >= 15 is 0 Å². The fraction of sp³-hybridized carbons (Fsp3) is 0.562. The number of nitro groups is 1. The molecule has 1 N–H and O–H groups in total. The van der Waals surface area contributed by atoms with E-state index in [4.69, 9.17) is 4.74 Å². The van der Waals surface area contributed by atoms with Gasteiger partial charge in [0.2, 0.25) is 0 Å². The molecule has 2 rings (SSSR count). The van der Waals surface area contributed by atoms with E-state index in [1.54, 1.807) is 13.0 Å². The fourth-order valence-corrected chi connectivity index (χ4v) is 2.71. The van der Waals surface area contributed by atoms with Gasteiger partial charge in [0.1, 0.15) is 0 Å². The van der Waals surface area contributed by atoms with Crippen LogP contribution in [0.15, 0.2) is 18.2 Å². The predicted molar refractivity (Wildman–Crippen MR) is 82.9 cm³/mol. The zero-order chi connectivity index (χ0) is 16.1. The molecular formula is C16H22N2O4. The van der Waals surface area contributed by atoms with Crippen LogP contribution in [-0.2, 0) is 4.79 Å². The van der Waals surface area contributed by atoms with Gasteiger partial charge >= 0.3 is 5.69 Å². The minimum atomic E-state index is -0.497. The number of hydrogen-bond acceptors (Lipinski definition) is 4. The molecule has 0 heterocycles. The second kappa shape index (κ2) is 7.24. The molecule has 1 aromatic carbocycles. The third kappa shape index (κ3) is 4.44. The molecule has 6 heteroatoms. The molecule has 0 saturated heterocycles. The van der Waals surface area contributed by atoms with Gasteiger partial charge in [-0.25, -0.2) is 0 Å². The van der Waals surface area contributed by atoms with Gasteiger partial charge in [0.25, 0.3) is 5.91 Å². The van der Waals surface area contributed by atoms with E-state index in [9.17, 15) is 14.9 Å². The van der Waals surface area contributed by atoms with Crippen LogP contribution in [0.1, 0.15) is 38.2 Å². The summed E-state index contributed by atoms with van der Waals surface area (Å²) in [5, 5.41) is 13.9. The van der Waals surface area contributed by atoms with Gasteiger partial charge in [0, 0.05) is 12.1 Å². The number of carbonyl (C=O) groups excluding carboxylic acids is 1. The molecule has 6 nitrogen and oxygen atoms in total. The summed E-state index contributed by atoms with van der Waals surface area (Å²) >= 11 is 0. The number of carbonyl (C=O) groups is 1. The zero-order valence-corrected chi connectivity index (χ0v) is 13.0. The number of nitro benzene ring substituents is 1. The SMILES string of the molecule is Cc1ccc(OCC(=O)NC2CCC(C)CC2)c([N+](=O)[O-])c1. The monoisotopic (exact) mass is 306 g/mol. The molecule has 1 saturated carbocycles. The highest BCUT2D eigenvalue weighted by Gasteiger charge is 2.21. The molecule has 22 heavy (non-hydrogen) atoms. The Labute approximate surface area is 130 Å². The van der Waals surface area contributed by atoms with Crippen molar-refractivity contribution in [2.24, 2.45) is 5.92 Å². The van der Waals surface area contributed by atoms with E-state index in [-0.39, 0.29) is 30.0 Å². The van der Waals surface area contributed by atoms with Crippen LogP contribution in [0.4, 0.5) is 5.69 Å². The largest absolute Gasteiger partial charge is 0.477 e. The van der Waals surface area contributed by atoms with Crippen LogP contribution in [0.5, 0.6) is 5.75 Å². The average Bonchev–Trinajstić information content (AvgIpc) is 2.48. The van der Waals surface area contributed by atoms with Crippen LogP contribution in [-0.4, -0.2) is 23.5 Å². The van der Waals surface area contributed by atoms with E-state index in [1.165, 1.54) is 12.1 Å². The number of amides is 1. The van der Waals surface area contributed by atoms with Crippen molar-refractivity contribution >= 4 is 11.6 Å². The Hall–Kier alpha value is -2.11. The summed E-state index contributed by atoms with van der Waals surface area (Å²) in [6.45, 7) is 3.79. The topological polar surface area (TPSA) is 81.5 Å². The Bertz CT molecular complexity index is 551. The maximum Gasteiger partial charge on any atom is 0.311 e. The lowest BCUT2D eigenvalue weighted by Gasteiger charge is -2.26. The summed E-state index contributed by atoms with van der Waals surface area (Å²) in [6, 6.07) is 4.89. The summed E-state index contributed by atoms with van der Waals surface area (Å²) in [7, 11) is 0. The summed E-state index contributed by atoms with van der Waals surface area (Å²) in [5.41, 5.74) is 0.666. The van der Waals surface area contributed by atoms with Crippen LogP contribution in [0.25, 0.3) is 0 Å². The van der Waals surface area contributed by atoms with Crippen LogP contribution >= 0.6 is 0 Å². The maximum atomic E-state index is 11.9. The first-order chi connectivity index (χ1) is 10.5. The Kier molecular flexibility index (Phi) is 5.35. The van der Waals surface area contributed by atoms with E-state index < -0.39 is 4.92 Å². The molecule has 1 fully saturated rings. The van der Waals surface area contributed by atoms with Gasteiger partial charge in [0.05, 0.1) is 4.92 Å². The van der Waals surface area contributed by atoms with Crippen LogP contribution in [0.2, 0.25) is 0 Å². The number of nitrogens with one attached hydrogen (secondary N) is 1. The number of rotatable bonds is 5. The van der Waals surface area contributed by atoms with Crippen molar-refractivity contribution in [3.05, 3.63) is 33.9 Å². The lowest BCUT2D eigenvalue weighted by molar-refractivity contribution is -0.385. The summed E-state index contributed by atoms with van der Waals surface area (Å²) < 4.78 is 5.32. The quantitative estimate of drug-likeness (QED) is 0.669. The van der Waals surface area contributed by atoms with Crippen LogP contribution in [0.3, 0.4) is 0 Å². The van der Waals surface area contributed by atoms with Gasteiger partial charge in [-0.2, -0.15) is 0 Å². The number of hydrogen-bond donors (Lipinski definition) is 1. The molecule has 0 bridgehead atoms. The third-order valence-corrected chi connectivity index (χ3v) is 4.05. The first-order valence-electron chi connectivity index (χ1n) is 7.63. The number of ether oxygens (including phenoxy) is 1. The Morgan fingerprint density at radius 2 is 2.05 bits per heavy atom. The highest BCUT2D eigenvalue weighted by Crippen LogP contribution is 2.27. The van der Waals surface area contributed by atoms with Gasteiger partial charge in [-0.3, -0.25) is 14.9 Å². The molecular weight excluding hydrogens is 284 g/mol. The van der Waals surface area contributed by atoms with Crippen molar-refractivity contribution < 1.29 is 14.5 Å². The van der Waals surface area contributed by atoms with Crippen molar-refractivity contribution in [2.45, 2.75) is 45.6 Å². The molecule has 0 unspecified atom stereocenters. The zero-order valence-electron chi connectivity index (χ0n) is 13.0. The summed E-state index contributed by atoms with van der Waals surface area (Å²) in [6.07, 6.45) is 4.21. The van der Waals surface area contributed by atoms with Crippen molar-refractivity contribution in [2.75, 3.05) is 6.61 Å². The lowest BCUT2D eigenvalue weighted by atomic mass is 9.87. The molecule has 0 atom stereocenters. The van der Waals surface area contributed by atoms with E-state index in [2.05, 4.69) is 12.2 Å². The third-order valence-electron chi connectivity index (χ3n) is 4.05. The average molecular weight is 306 g/mol. The Morgan fingerprint density at radius 3 is 2.68 bits per heavy atom. The van der Waals surface area contributed by atoms with Crippen LogP contribution < -0.4 is 10.1 Å². The van der Waals surface area contributed by atoms with Crippen molar-refractivity contribution in [1.82, 2.24) is 5.32 Å². The van der Waals surface area contributed by atoms with Crippen molar-refractivity contribution in [3.8, 4) is 5.75 Å². The molecule has 120 valence electrons. The van der Waals surface area contributed by atoms with E-state index in [1.807, 2.05) is 0 Å². The number of benzene rings is 1. The first kappa shape index (κ1) is 16.3. The molecule has 1 aromatic rings. The minimum Gasteiger partial charge on any atom is -0.477 e. The molecule has 0 aliphatic heterocycles.